The van der Waals surface area contributed by atoms with Crippen LogP contribution in [0.3, 0.4) is 0 Å². The van der Waals surface area contributed by atoms with E-state index in [9.17, 15) is 45.6 Å². The Bertz CT molecular complexity index is 1410. The molecule has 5 rings (SSSR count). The minimum Gasteiger partial charge on any atom is -0.507 e. The van der Waals surface area contributed by atoms with Gasteiger partial charge < -0.3 is 64.2 Å². The monoisotopic (exact) mass is 578 g/mol. The van der Waals surface area contributed by atoms with Crippen LogP contribution in [0.4, 0.5) is 0 Å². The Hall–Kier alpha value is -3.31. The zero-order chi connectivity index (χ0) is 29.4. The molecule has 0 unspecified atom stereocenters. The largest absolute Gasteiger partial charge is 0.507 e. The number of benzene rings is 2. The van der Waals surface area contributed by atoms with Gasteiger partial charge in [0, 0.05) is 30.2 Å². The van der Waals surface area contributed by atoms with E-state index in [-0.39, 0.29) is 34.6 Å². The van der Waals surface area contributed by atoms with Crippen LogP contribution >= 0.6 is 0 Å². The molecule has 0 radical (unpaired) electrons. The Morgan fingerprint density at radius 2 is 1.46 bits per heavy atom. The predicted molar refractivity (Wildman–Crippen MR) is 137 cm³/mol. The number of hydrogen-bond donors (Lipinski definition) is 8. The van der Waals surface area contributed by atoms with Crippen LogP contribution < -0.4 is 14.9 Å². The van der Waals surface area contributed by atoms with E-state index in [0.29, 0.717) is 5.56 Å². The number of phenolic OH excluding ortho intramolecular Hbond substituents is 1. The van der Waals surface area contributed by atoms with Crippen molar-refractivity contribution >= 4 is 11.0 Å². The van der Waals surface area contributed by atoms with Crippen LogP contribution in [0.25, 0.3) is 22.3 Å². The van der Waals surface area contributed by atoms with E-state index in [1.165, 1.54) is 30.3 Å². The van der Waals surface area contributed by atoms with Gasteiger partial charge in [0.25, 0.3) is 0 Å². The summed E-state index contributed by atoms with van der Waals surface area (Å²) < 4.78 is 27.9. The second kappa shape index (κ2) is 11.9. The second-order valence-corrected chi connectivity index (χ2v) is 9.83. The number of aliphatic hydroxyl groups excluding tert-OH is 7. The molecule has 2 saturated heterocycles. The third-order valence-corrected chi connectivity index (χ3v) is 7.01. The van der Waals surface area contributed by atoms with E-state index in [0.717, 1.165) is 0 Å². The van der Waals surface area contributed by atoms with Crippen molar-refractivity contribution in [2.45, 2.75) is 61.7 Å². The Morgan fingerprint density at radius 1 is 0.780 bits per heavy atom. The lowest BCUT2D eigenvalue weighted by atomic mass is 9.99. The average Bonchev–Trinajstić information content (AvgIpc) is 2.95. The van der Waals surface area contributed by atoms with Gasteiger partial charge in [0.2, 0.25) is 12.6 Å². The zero-order valence-corrected chi connectivity index (χ0v) is 21.4. The SMILES string of the molecule is O=c1cc(-c2ccc(O[C@H]3O[C@@H](CO)[C@@H](O)[C@@H](O)[C@@H]3O)cc2)oc2cc(O[C@@H]3C[C@@H](O)[C@H](O)[C@@H](CO)O3)cc(O)c12. The molecule has 14 heteroatoms. The predicted octanol–water partition coefficient (Wildman–Crippen LogP) is -1.45. The van der Waals surface area contributed by atoms with Gasteiger partial charge in [0.1, 0.15) is 70.6 Å². The minimum atomic E-state index is -1.60. The number of phenols is 1. The van der Waals surface area contributed by atoms with E-state index in [4.69, 9.17) is 23.4 Å². The highest BCUT2D eigenvalue weighted by atomic mass is 16.7. The maximum atomic E-state index is 12.8. The van der Waals surface area contributed by atoms with Crippen molar-refractivity contribution in [3.8, 4) is 28.6 Å². The number of aliphatic hydroxyl groups is 7. The van der Waals surface area contributed by atoms with E-state index >= 15 is 0 Å². The molecule has 0 bridgehead atoms. The average molecular weight is 579 g/mol. The zero-order valence-electron chi connectivity index (χ0n) is 21.4. The second-order valence-electron chi connectivity index (χ2n) is 9.83. The van der Waals surface area contributed by atoms with Crippen molar-refractivity contribution in [1.29, 1.82) is 0 Å². The molecule has 14 nitrogen and oxygen atoms in total. The van der Waals surface area contributed by atoms with Crippen molar-refractivity contribution < 1.29 is 64.2 Å². The van der Waals surface area contributed by atoms with Gasteiger partial charge in [-0.1, -0.05) is 0 Å². The quantitative estimate of drug-likeness (QED) is 0.160. The fourth-order valence-corrected chi connectivity index (χ4v) is 4.74. The van der Waals surface area contributed by atoms with Crippen LogP contribution in [0.15, 0.2) is 51.7 Å². The molecule has 3 aromatic rings. The van der Waals surface area contributed by atoms with E-state index < -0.39 is 79.7 Å². The van der Waals surface area contributed by atoms with Gasteiger partial charge >= 0.3 is 0 Å². The maximum absolute atomic E-state index is 12.8. The highest BCUT2D eigenvalue weighted by molar-refractivity contribution is 5.86. The normalized spacial score (nSPS) is 32.1. The van der Waals surface area contributed by atoms with Crippen LogP contribution in [0.1, 0.15) is 6.42 Å². The van der Waals surface area contributed by atoms with Crippen LogP contribution in [0.5, 0.6) is 17.2 Å². The topological polar surface area (TPSA) is 229 Å². The molecule has 2 fully saturated rings. The van der Waals surface area contributed by atoms with Crippen LogP contribution in [0.2, 0.25) is 0 Å². The smallest absolute Gasteiger partial charge is 0.229 e. The number of fused-ring (bicyclic) bond motifs is 1. The standard InChI is InChI=1S/C27H30O14/c28-9-19-23(33)16(32)8-21(40-19)37-13-5-14(30)22-15(31)7-17(39-18(22)6-13)11-1-3-12(4-2-11)38-27-26(36)25(35)24(34)20(10-29)41-27/h1-7,16,19-21,23-30,32-36H,8-10H2/t16-,19-,20+,21+,23+,24-,25-,26+,27+/m1/s1. The Morgan fingerprint density at radius 3 is 2.15 bits per heavy atom. The molecule has 1 aromatic heterocycles. The summed E-state index contributed by atoms with van der Waals surface area (Å²) in [6.07, 6.45) is -12.0. The number of rotatable bonds is 7. The summed E-state index contributed by atoms with van der Waals surface area (Å²) in [5.41, 5.74) is -0.117. The molecule has 8 N–H and O–H groups in total. The molecule has 9 atom stereocenters. The van der Waals surface area contributed by atoms with Crippen molar-refractivity contribution in [2.24, 2.45) is 0 Å². The van der Waals surface area contributed by atoms with Crippen LogP contribution in [-0.4, -0.2) is 109 Å². The van der Waals surface area contributed by atoms with Crippen LogP contribution in [-0.2, 0) is 9.47 Å². The van der Waals surface area contributed by atoms with Gasteiger partial charge in [-0.15, -0.1) is 0 Å². The number of aromatic hydroxyl groups is 1. The number of hydrogen-bond acceptors (Lipinski definition) is 14. The van der Waals surface area contributed by atoms with E-state index in [2.05, 4.69) is 0 Å². The van der Waals surface area contributed by atoms with Crippen molar-refractivity contribution in [1.82, 2.24) is 0 Å². The minimum absolute atomic E-state index is 0.0146. The molecule has 0 saturated carbocycles. The molecule has 222 valence electrons. The van der Waals surface area contributed by atoms with Crippen molar-refractivity contribution in [2.75, 3.05) is 13.2 Å². The summed E-state index contributed by atoms with van der Waals surface area (Å²) in [7, 11) is 0. The Balaban J connectivity index is 1.36. The molecule has 2 aromatic carbocycles. The summed E-state index contributed by atoms with van der Waals surface area (Å²) in [5.74, 6) is -0.0400. The van der Waals surface area contributed by atoms with E-state index in [1.807, 2.05) is 0 Å². The Kier molecular flexibility index (Phi) is 8.47. The van der Waals surface area contributed by atoms with Crippen LogP contribution in [0, 0.1) is 0 Å². The van der Waals surface area contributed by atoms with Crippen molar-refractivity contribution in [3.05, 3.63) is 52.7 Å². The molecule has 41 heavy (non-hydrogen) atoms. The van der Waals surface area contributed by atoms with Gasteiger partial charge in [0.15, 0.2) is 5.43 Å². The lowest BCUT2D eigenvalue weighted by molar-refractivity contribution is -0.277. The summed E-state index contributed by atoms with van der Waals surface area (Å²) in [6.45, 7) is -1.15. The molecule has 0 aliphatic carbocycles. The first-order valence-corrected chi connectivity index (χ1v) is 12.8. The fraction of sp³-hybridized carbons (Fsp3) is 0.444. The molecule has 3 heterocycles. The molecule has 2 aliphatic rings. The highest BCUT2D eigenvalue weighted by Crippen LogP contribution is 2.34. The first-order valence-electron chi connectivity index (χ1n) is 12.8. The van der Waals surface area contributed by atoms with Gasteiger partial charge in [-0.25, -0.2) is 0 Å². The Labute approximate surface area is 231 Å². The van der Waals surface area contributed by atoms with Crippen molar-refractivity contribution in [3.63, 3.8) is 0 Å². The van der Waals surface area contributed by atoms with Gasteiger partial charge in [-0.2, -0.15) is 0 Å². The molecule has 0 spiro atoms. The summed E-state index contributed by atoms with van der Waals surface area (Å²) in [5, 5.41) is 79.1. The van der Waals surface area contributed by atoms with E-state index in [1.54, 1.807) is 12.1 Å². The first kappa shape index (κ1) is 29.2. The first-order chi connectivity index (χ1) is 19.6. The molecular formula is C27H30O14. The molecule has 2 aliphatic heterocycles. The van der Waals surface area contributed by atoms with Gasteiger partial charge in [-0.05, 0) is 24.3 Å². The lowest BCUT2D eigenvalue weighted by Gasteiger charge is -2.39. The highest BCUT2D eigenvalue weighted by Gasteiger charge is 2.44. The summed E-state index contributed by atoms with van der Waals surface area (Å²) in [6, 6.07) is 9.77. The van der Waals surface area contributed by atoms with Gasteiger partial charge in [-0.3, -0.25) is 4.79 Å². The summed E-state index contributed by atoms with van der Waals surface area (Å²) >= 11 is 0. The molecular weight excluding hydrogens is 548 g/mol. The summed E-state index contributed by atoms with van der Waals surface area (Å²) in [4.78, 5) is 12.8. The third kappa shape index (κ3) is 5.88. The maximum Gasteiger partial charge on any atom is 0.229 e. The third-order valence-electron chi connectivity index (χ3n) is 7.01. The number of ether oxygens (including phenoxy) is 4. The van der Waals surface area contributed by atoms with Gasteiger partial charge in [0.05, 0.1) is 19.3 Å². The fourth-order valence-electron chi connectivity index (χ4n) is 4.74. The molecule has 0 amide bonds. The lowest BCUT2D eigenvalue weighted by Crippen LogP contribution is -2.60.